The van der Waals surface area contributed by atoms with Crippen LogP contribution < -0.4 is 4.90 Å². The molecule has 0 radical (unpaired) electrons. The molecule has 2 rings (SSSR count). The minimum absolute atomic E-state index is 0.334. The lowest BCUT2D eigenvalue weighted by Crippen LogP contribution is -2.36. The van der Waals surface area contributed by atoms with Gasteiger partial charge in [-0.2, -0.15) is 13.2 Å². The van der Waals surface area contributed by atoms with Gasteiger partial charge in [-0.25, -0.2) is 13.8 Å². The van der Waals surface area contributed by atoms with Crippen molar-refractivity contribution in [1.29, 1.82) is 0 Å². The Labute approximate surface area is 107 Å². The van der Waals surface area contributed by atoms with Crippen molar-refractivity contribution in [3.63, 3.8) is 0 Å². The lowest BCUT2D eigenvalue weighted by atomic mass is 9.97. The molecule has 1 saturated heterocycles. The number of alkyl halides is 5. The van der Waals surface area contributed by atoms with E-state index in [4.69, 9.17) is 0 Å². The van der Waals surface area contributed by atoms with Crippen molar-refractivity contribution in [2.75, 3.05) is 18.0 Å². The van der Waals surface area contributed by atoms with Crippen LogP contribution in [-0.2, 0) is 6.18 Å². The van der Waals surface area contributed by atoms with E-state index in [-0.39, 0.29) is 0 Å². The molecule has 0 saturated carbocycles. The molecule has 2 nitrogen and oxygen atoms in total. The lowest BCUT2D eigenvalue weighted by Gasteiger charge is -2.32. The van der Waals surface area contributed by atoms with E-state index < -0.39 is 24.1 Å². The average Bonchev–Trinajstić information content (AvgIpc) is 2.38. The van der Waals surface area contributed by atoms with E-state index in [9.17, 15) is 22.0 Å². The number of hydrogen-bond acceptors (Lipinski definition) is 2. The van der Waals surface area contributed by atoms with Gasteiger partial charge in [0.25, 0.3) is 0 Å². The predicted molar refractivity (Wildman–Crippen MR) is 60.2 cm³/mol. The van der Waals surface area contributed by atoms with Gasteiger partial charge >= 0.3 is 6.18 Å². The minimum Gasteiger partial charge on any atom is -0.357 e. The Kier molecular flexibility index (Phi) is 3.91. The fourth-order valence-corrected chi connectivity index (χ4v) is 2.12. The monoisotopic (exact) mass is 280 g/mol. The molecule has 1 aliphatic heterocycles. The summed E-state index contributed by atoms with van der Waals surface area (Å²) in [5.41, 5.74) is -0.807. The molecular formula is C12H13F5N2. The number of rotatable bonds is 2. The summed E-state index contributed by atoms with van der Waals surface area (Å²) >= 11 is 0. The van der Waals surface area contributed by atoms with Crippen LogP contribution in [0.25, 0.3) is 0 Å². The Morgan fingerprint density at radius 3 is 2.21 bits per heavy atom. The van der Waals surface area contributed by atoms with Crippen molar-refractivity contribution in [3.8, 4) is 0 Å². The van der Waals surface area contributed by atoms with Gasteiger partial charge in [-0.1, -0.05) is 0 Å². The van der Waals surface area contributed by atoms with Crippen LogP contribution in [0.1, 0.15) is 18.4 Å². The second-order valence-corrected chi connectivity index (χ2v) is 4.56. The maximum absolute atomic E-state index is 12.5. The highest BCUT2D eigenvalue weighted by Gasteiger charge is 2.31. The first kappa shape index (κ1) is 14.0. The van der Waals surface area contributed by atoms with E-state index >= 15 is 0 Å². The zero-order valence-corrected chi connectivity index (χ0v) is 10.00. The third kappa shape index (κ3) is 3.33. The average molecular weight is 280 g/mol. The lowest BCUT2D eigenvalue weighted by molar-refractivity contribution is -0.137. The molecule has 2 heterocycles. The number of nitrogens with zero attached hydrogens (tertiary/aromatic N) is 2. The van der Waals surface area contributed by atoms with Crippen molar-refractivity contribution in [2.45, 2.75) is 25.4 Å². The molecule has 0 amide bonds. The van der Waals surface area contributed by atoms with Gasteiger partial charge in [0, 0.05) is 25.2 Å². The predicted octanol–water partition coefficient (Wildman–Crippen LogP) is 3.58. The third-order valence-electron chi connectivity index (χ3n) is 3.30. The number of aromatic nitrogens is 1. The van der Waals surface area contributed by atoms with E-state index in [0.717, 1.165) is 12.3 Å². The summed E-state index contributed by atoms with van der Waals surface area (Å²) in [4.78, 5) is 5.49. The SMILES string of the molecule is FC(F)C1CCN(c2ccc(C(F)(F)F)cn2)CC1. The molecule has 0 aromatic carbocycles. The second-order valence-electron chi connectivity index (χ2n) is 4.56. The second kappa shape index (κ2) is 5.30. The summed E-state index contributed by atoms with van der Waals surface area (Å²) in [7, 11) is 0. The van der Waals surface area contributed by atoms with Crippen LogP contribution >= 0.6 is 0 Å². The molecule has 19 heavy (non-hydrogen) atoms. The summed E-state index contributed by atoms with van der Waals surface area (Å²) in [6, 6.07) is 2.24. The van der Waals surface area contributed by atoms with Crippen molar-refractivity contribution in [1.82, 2.24) is 4.98 Å². The molecule has 1 aromatic rings. The van der Waals surface area contributed by atoms with Crippen LogP contribution in [0.3, 0.4) is 0 Å². The van der Waals surface area contributed by atoms with Crippen LogP contribution in [0, 0.1) is 5.92 Å². The topological polar surface area (TPSA) is 16.1 Å². The Balaban J connectivity index is 2.00. The van der Waals surface area contributed by atoms with Crippen molar-refractivity contribution in [2.24, 2.45) is 5.92 Å². The van der Waals surface area contributed by atoms with Crippen molar-refractivity contribution < 1.29 is 22.0 Å². The highest BCUT2D eigenvalue weighted by Crippen LogP contribution is 2.30. The Morgan fingerprint density at radius 1 is 1.16 bits per heavy atom. The number of halogens is 5. The van der Waals surface area contributed by atoms with Gasteiger partial charge in [-0.15, -0.1) is 0 Å². The number of hydrogen-bond donors (Lipinski definition) is 0. The Morgan fingerprint density at radius 2 is 1.79 bits per heavy atom. The molecule has 0 bridgehead atoms. The van der Waals surface area contributed by atoms with Gasteiger partial charge in [0.2, 0.25) is 6.43 Å². The zero-order chi connectivity index (χ0) is 14.0. The molecule has 0 unspecified atom stereocenters. The van der Waals surface area contributed by atoms with E-state index in [2.05, 4.69) is 4.98 Å². The first-order chi connectivity index (χ1) is 8.88. The summed E-state index contributed by atoms with van der Waals surface area (Å²) in [5, 5.41) is 0. The molecule has 0 aliphatic carbocycles. The third-order valence-corrected chi connectivity index (χ3v) is 3.30. The van der Waals surface area contributed by atoms with Crippen LogP contribution in [0.4, 0.5) is 27.8 Å². The molecular weight excluding hydrogens is 267 g/mol. The molecule has 106 valence electrons. The summed E-state index contributed by atoms with van der Waals surface area (Å²) in [6.45, 7) is 0.792. The summed E-state index contributed by atoms with van der Waals surface area (Å²) in [5.74, 6) is -0.216. The quantitative estimate of drug-likeness (QED) is 0.770. The minimum atomic E-state index is -4.41. The van der Waals surface area contributed by atoms with Gasteiger partial charge in [-0.3, -0.25) is 0 Å². The van der Waals surface area contributed by atoms with Crippen molar-refractivity contribution in [3.05, 3.63) is 23.9 Å². The fourth-order valence-electron chi connectivity index (χ4n) is 2.12. The van der Waals surface area contributed by atoms with E-state index in [1.54, 1.807) is 4.90 Å². The Hall–Kier alpha value is -1.40. The van der Waals surface area contributed by atoms with Gasteiger partial charge in [0.1, 0.15) is 5.82 Å². The standard InChI is InChI=1S/C12H13F5N2/c13-11(14)8-3-5-19(6-4-8)10-2-1-9(7-18-10)12(15,16)17/h1-2,7-8,11H,3-6H2. The van der Waals surface area contributed by atoms with Gasteiger partial charge < -0.3 is 4.90 Å². The smallest absolute Gasteiger partial charge is 0.357 e. The summed E-state index contributed by atoms with van der Waals surface area (Å²) < 4.78 is 62.0. The zero-order valence-electron chi connectivity index (χ0n) is 10.00. The maximum atomic E-state index is 12.5. The molecule has 0 spiro atoms. The first-order valence-electron chi connectivity index (χ1n) is 5.94. The fraction of sp³-hybridized carbons (Fsp3) is 0.583. The van der Waals surface area contributed by atoms with Crippen LogP contribution in [-0.4, -0.2) is 24.5 Å². The molecule has 0 atom stereocenters. The van der Waals surface area contributed by atoms with E-state index in [1.165, 1.54) is 6.07 Å². The van der Waals surface area contributed by atoms with Gasteiger partial charge in [-0.05, 0) is 25.0 Å². The van der Waals surface area contributed by atoms with Crippen LogP contribution in [0.2, 0.25) is 0 Å². The highest BCUT2D eigenvalue weighted by atomic mass is 19.4. The number of anilines is 1. The molecule has 1 aromatic heterocycles. The van der Waals surface area contributed by atoms with Crippen LogP contribution in [0.5, 0.6) is 0 Å². The molecule has 7 heteroatoms. The normalized spacial score (nSPS) is 18.1. The van der Waals surface area contributed by atoms with E-state index in [0.29, 0.717) is 31.7 Å². The maximum Gasteiger partial charge on any atom is 0.417 e. The molecule has 1 fully saturated rings. The number of piperidine rings is 1. The molecule has 1 aliphatic rings. The number of pyridine rings is 1. The Bertz CT molecular complexity index is 407. The van der Waals surface area contributed by atoms with E-state index in [1.807, 2.05) is 0 Å². The highest BCUT2D eigenvalue weighted by molar-refractivity contribution is 5.40. The molecule has 0 N–H and O–H groups in total. The van der Waals surface area contributed by atoms with Gasteiger partial charge in [0.05, 0.1) is 5.56 Å². The first-order valence-corrected chi connectivity index (χ1v) is 5.94. The van der Waals surface area contributed by atoms with Crippen LogP contribution in [0.15, 0.2) is 18.3 Å². The van der Waals surface area contributed by atoms with Crippen molar-refractivity contribution >= 4 is 5.82 Å². The van der Waals surface area contributed by atoms with Gasteiger partial charge in [0.15, 0.2) is 0 Å². The largest absolute Gasteiger partial charge is 0.417 e. The summed E-state index contributed by atoms with van der Waals surface area (Å²) in [6.07, 6.45) is -5.30.